The Labute approximate surface area is 110 Å². The van der Waals surface area contributed by atoms with E-state index in [0.29, 0.717) is 18.0 Å². The molecule has 18 heavy (non-hydrogen) atoms. The van der Waals surface area contributed by atoms with Crippen molar-refractivity contribution in [2.24, 2.45) is 0 Å². The van der Waals surface area contributed by atoms with E-state index in [-0.39, 0.29) is 10.3 Å². The molecule has 2 rings (SSSR count). The number of hydrogen-bond acceptors (Lipinski definition) is 5. The lowest BCUT2D eigenvalue weighted by molar-refractivity contribution is 0.0200. The van der Waals surface area contributed by atoms with Crippen molar-refractivity contribution in [3.63, 3.8) is 0 Å². The second-order valence-corrected chi connectivity index (χ2v) is 7.15. The summed E-state index contributed by atoms with van der Waals surface area (Å²) in [5.41, 5.74) is 0. The summed E-state index contributed by atoms with van der Waals surface area (Å²) in [5.74, 6) is 0. The van der Waals surface area contributed by atoms with Crippen molar-refractivity contribution < 1.29 is 13.2 Å². The van der Waals surface area contributed by atoms with Crippen LogP contribution in [0.4, 0.5) is 0 Å². The van der Waals surface area contributed by atoms with Crippen molar-refractivity contribution in [3.05, 3.63) is 17.0 Å². The van der Waals surface area contributed by atoms with Crippen LogP contribution in [0.25, 0.3) is 0 Å². The molecular weight excluding hydrogens is 272 g/mol. The van der Waals surface area contributed by atoms with Gasteiger partial charge in [0, 0.05) is 13.2 Å². The molecule has 1 saturated heterocycles. The quantitative estimate of drug-likeness (QED) is 0.909. The fourth-order valence-corrected chi connectivity index (χ4v) is 3.98. The molecule has 1 aliphatic rings. The van der Waals surface area contributed by atoms with Gasteiger partial charge in [0.15, 0.2) is 0 Å². The Kier molecular flexibility index (Phi) is 4.35. The molecule has 0 bridgehead atoms. The lowest BCUT2D eigenvalue weighted by Crippen LogP contribution is -2.35. The SMILES string of the molecule is N#Cc1ccc(S(=O)(=O)NCC2CCCCO2)s1. The number of nitrogens with zero attached hydrogens (tertiary/aromatic N) is 1. The summed E-state index contributed by atoms with van der Waals surface area (Å²) >= 11 is 0.974. The van der Waals surface area contributed by atoms with Crippen molar-refractivity contribution >= 4 is 21.4 Å². The maximum absolute atomic E-state index is 11.9. The van der Waals surface area contributed by atoms with E-state index in [1.165, 1.54) is 12.1 Å². The van der Waals surface area contributed by atoms with Crippen LogP contribution in [0.1, 0.15) is 24.1 Å². The van der Waals surface area contributed by atoms with Gasteiger partial charge < -0.3 is 4.74 Å². The molecule has 0 radical (unpaired) electrons. The lowest BCUT2D eigenvalue weighted by atomic mass is 10.1. The van der Waals surface area contributed by atoms with E-state index < -0.39 is 10.0 Å². The van der Waals surface area contributed by atoms with Gasteiger partial charge in [0.25, 0.3) is 0 Å². The first kappa shape index (κ1) is 13.5. The van der Waals surface area contributed by atoms with E-state index in [4.69, 9.17) is 10.00 Å². The molecule has 0 spiro atoms. The zero-order chi connectivity index (χ0) is 13.0. The lowest BCUT2D eigenvalue weighted by Gasteiger charge is -2.22. The molecule has 0 saturated carbocycles. The summed E-state index contributed by atoms with van der Waals surface area (Å²) in [7, 11) is -3.51. The van der Waals surface area contributed by atoms with E-state index in [1.807, 2.05) is 6.07 Å². The Balaban J connectivity index is 1.96. The highest BCUT2D eigenvalue weighted by molar-refractivity contribution is 7.91. The standard InChI is InChI=1S/C11H14N2O3S2/c12-7-10-4-5-11(17-10)18(14,15)13-8-9-3-1-2-6-16-9/h4-5,9,13H,1-3,6,8H2. The zero-order valence-electron chi connectivity index (χ0n) is 9.76. The minimum atomic E-state index is -3.51. The van der Waals surface area contributed by atoms with Gasteiger partial charge in [0.2, 0.25) is 10.0 Å². The zero-order valence-corrected chi connectivity index (χ0v) is 11.4. The van der Waals surface area contributed by atoms with Crippen LogP contribution in [-0.4, -0.2) is 27.7 Å². The van der Waals surface area contributed by atoms with E-state index in [9.17, 15) is 8.42 Å². The molecule has 0 aromatic carbocycles. The molecule has 98 valence electrons. The van der Waals surface area contributed by atoms with Crippen LogP contribution in [0.2, 0.25) is 0 Å². The van der Waals surface area contributed by atoms with Crippen molar-refractivity contribution in [3.8, 4) is 6.07 Å². The maximum atomic E-state index is 11.9. The third kappa shape index (κ3) is 3.29. The molecule has 5 nitrogen and oxygen atoms in total. The first-order chi connectivity index (χ1) is 8.62. The van der Waals surface area contributed by atoms with Crippen molar-refractivity contribution in [2.75, 3.05) is 13.2 Å². The largest absolute Gasteiger partial charge is 0.377 e. The van der Waals surface area contributed by atoms with Crippen molar-refractivity contribution in [1.82, 2.24) is 4.72 Å². The predicted octanol–water partition coefficient (Wildman–Crippen LogP) is 1.47. The van der Waals surface area contributed by atoms with Crippen LogP contribution in [-0.2, 0) is 14.8 Å². The molecule has 1 atom stereocenters. The summed E-state index contributed by atoms with van der Waals surface area (Å²) in [6.45, 7) is 0.992. The highest BCUT2D eigenvalue weighted by atomic mass is 32.2. The number of ether oxygens (including phenoxy) is 1. The topological polar surface area (TPSA) is 79.2 Å². The second-order valence-electron chi connectivity index (χ2n) is 4.07. The summed E-state index contributed by atoms with van der Waals surface area (Å²) in [6.07, 6.45) is 2.96. The maximum Gasteiger partial charge on any atom is 0.250 e. The van der Waals surface area contributed by atoms with Crippen LogP contribution >= 0.6 is 11.3 Å². The molecule has 1 unspecified atom stereocenters. The Morgan fingerprint density at radius 3 is 2.94 bits per heavy atom. The second kappa shape index (κ2) is 5.80. The third-order valence-corrected chi connectivity index (χ3v) is 5.64. The summed E-state index contributed by atoms with van der Waals surface area (Å²) < 4.78 is 32.0. The molecule has 0 aliphatic carbocycles. The molecule has 1 aliphatic heterocycles. The van der Waals surface area contributed by atoms with Crippen molar-refractivity contribution in [1.29, 1.82) is 5.26 Å². The Morgan fingerprint density at radius 2 is 2.33 bits per heavy atom. The van der Waals surface area contributed by atoms with Crippen LogP contribution < -0.4 is 4.72 Å². The smallest absolute Gasteiger partial charge is 0.250 e. The Hall–Kier alpha value is -0.940. The van der Waals surface area contributed by atoms with Gasteiger partial charge in [-0.1, -0.05) is 0 Å². The summed E-state index contributed by atoms with van der Waals surface area (Å²) in [6, 6.07) is 4.89. The van der Waals surface area contributed by atoms with Crippen LogP contribution in [0.15, 0.2) is 16.3 Å². The molecule has 1 aromatic rings. The van der Waals surface area contributed by atoms with E-state index in [2.05, 4.69) is 4.72 Å². The van der Waals surface area contributed by atoms with Gasteiger partial charge >= 0.3 is 0 Å². The average Bonchev–Trinajstić information content (AvgIpc) is 2.87. The van der Waals surface area contributed by atoms with Crippen LogP contribution in [0, 0.1) is 11.3 Å². The number of rotatable bonds is 4. The summed E-state index contributed by atoms with van der Waals surface area (Å²) in [5, 5.41) is 8.68. The predicted molar refractivity (Wildman–Crippen MR) is 67.8 cm³/mol. The van der Waals surface area contributed by atoms with Crippen LogP contribution in [0.3, 0.4) is 0 Å². The van der Waals surface area contributed by atoms with Gasteiger partial charge in [-0.2, -0.15) is 5.26 Å². The summed E-state index contributed by atoms with van der Waals surface area (Å²) in [4.78, 5) is 0.393. The van der Waals surface area contributed by atoms with Gasteiger partial charge in [0.05, 0.1) is 6.10 Å². The molecule has 7 heteroatoms. The van der Waals surface area contributed by atoms with E-state index in [1.54, 1.807) is 0 Å². The van der Waals surface area contributed by atoms with E-state index >= 15 is 0 Å². The first-order valence-corrected chi connectivity index (χ1v) is 8.03. The first-order valence-electron chi connectivity index (χ1n) is 5.73. The number of nitrogens with one attached hydrogen (secondary N) is 1. The number of sulfonamides is 1. The minimum absolute atomic E-state index is 0.0380. The van der Waals surface area contributed by atoms with E-state index in [0.717, 1.165) is 30.6 Å². The molecular formula is C11H14N2O3S2. The van der Waals surface area contributed by atoms with Gasteiger partial charge in [0.1, 0.15) is 15.2 Å². The fraction of sp³-hybridized carbons (Fsp3) is 0.545. The van der Waals surface area contributed by atoms with Gasteiger partial charge in [-0.05, 0) is 31.4 Å². The molecule has 1 fully saturated rings. The molecule has 0 amide bonds. The van der Waals surface area contributed by atoms with Gasteiger partial charge in [-0.15, -0.1) is 11.3 Å². The highest BCUT2D eigenvalue weighted by Gasteiger charge is 2.20. The fourth-order valence-electron chi connectivity index (χ4n) is 1.77. The molecule has 1 N–H and O–H groups in total. The molecule has 1 aromatic heterocycles. The third-order valence-electron chi connectivity index (χ3n) is 2.73. The number of nitriles is 1. The number of thiophene rings is 1. The van der Waals surface area contributed by atoms with Crippen molar-refractivity contribution in [2.45, 2.75) is 29.6 Å². The number of hydrogen-bond donors (Lipinski definition) is 1. The highest BCUT2D eigenvalue weighted by Crippen LogP contribution is 2.21. The van der Waals surface area contributed by atoms with Gasteiger partial charge in [-0.3, -0.25) is 0 Å². The minimum Gasteiger partial charge on any atom is -0.377 e. The normalized spacial score (nSPS) is 20.5. The Morgan fingerprint density at radius 1 is 1.50 bits per heavy atom. The Bertz CT molecular complexity index is 539. The average molecular weight is 286 g/mol. The van der Waals surface area contributed by atoms with Crippen LogP contribution in [0.5, 0.6) is 0 Å². The monoisotopic (exact) mass is 286 g/mol. The van der Waals surface area contributed by atoms with Gasteiger partial charge in [-0.25, -0.2) is 13.1 Å². The molecule has 2 heterocycles.